The van der Waals surface area contributed by atoms with Crippen molar-refractivity contribution in [2.75, 3.05) is 0 Å². The van der Waals surface area contributed by atoms with Crippen LogP contribution in [0.2, 0.25) is 0 Å². The van der Waals surface area contributed by atoms with E-state index in [2.05, 4.69) is 13.8 Å². The average molecular weight is 152 g/mol. The summed E-state index contributed by atoms with van der Waals surface area (Å²) in [6.45, 7) is 4.22. The molecule has 1 atom stereocenters. The van der Waals surface area contributed by atoms with Crippen molar-refractivity contribution >= 4 is 0 Å². The van der Waals surface area contributed by atoms with Gasteiger partial charge in [0, 0.05) is 6.42 Å². The van der Waals surface area contributed by atoms with Crippen molar-refractivity contribution in [2.24, 2.45) is 0 Å². The van der Waals surface area contributed by atoms with Gasteiger partial charge >= 0.3 is 0 Å². The second-order valence-corrected chi connectivity index (χ2v) is 3.55. The zero-order valence-electron chi connectivity index (χ0n) is 6.83. The van der Waals surface area contributed by atoms with Gasteiger partial charge in [0.2, 0.25) is 0 Å². The topological polar surface area (TPSA) is 25.7 Å². The summed E-state index contributed by atoms with van der Waals surface area (Å²) >= 11 is 0. The Morgan fingerprint density at radius 2 is 2.27 bits per heavy atom. The van der Waals surface area contributed by atoms with Crippen LogP contribution in [0.5, 0.6) is 0 Å². The van der Waals surface area contributed by atoms with Crippen molar-refractivity contribution in [3.8, 4) is 0 Å². The molecule has 1 unspecified atom stereocenters. The van der Waals surface area contributed by atoms with E-state index in [9.17, 15) is 0 Å². The molecule has 0 amide bonds. The average Bonchev–Trinajstić information content (AvgIpc) is 2.42. The summed E-state index contributed by atoms with van der Waals surface area (Å²) in [6.07, 6.45) is 4.84. The number of hydrogen-bond acceptors (Lipinski definition) is 2. The largest absolute Gasteiger partial charge is 0.472 e. The molecule has 1 fully saturated rings. The van der Waals surface area contributed by atoms with E-state index in [1.807, 2.05) is 6.07 Å². The SMILES string of the molecule is CC1(C)OC1Cc1ccoc1. The van der Waals surface area contributed by atoms with Crippen LogP contribution < -0.4 is 0 Å². The van der Waals surface area contributed by atoms with E-state index in [-0.39, 0.29) is 5.60 Å². The van der Waals surface area contributed by atoms with Gasteiger partial charge in [0.25, 0.3) is 0 Å². The van der Waals surface area contributed by atoms with E-state index in [4.69, 9.17) is 9.15 Å². The number of epoxide rings is 1. The van der Waals surface area contributed by atoms with Gasteiger partial charge in [-0.15, -0.1) is 0 Å². The smallest absolute Gasteiger partial charge is 0.0935 e. The molecule has 1 aliphatic heterocycles. The third-order valence-electron chi connectivity index (χ3n) is 2.17. The van der Waals surface area contributed by atoms with E-state index in [0.29, 0.717) is 6.10 Å². The second kappa shape index (κ2) is 2.11. The molecule has 0 saturated carbocycles. The molecule has 11 heavy (non-hydrogen) atoms. The molecular formula is C9H12O2. The first-order valence-electron chi connectivity index (χ1n) is 3.87. The van der Waals surface area contributed by atoms with Gasteiger partial charge in [0.05, 0.1) is 24.2 Å². The molecule has 2 heteroatoms. The lowest BCUT2D eigenvalue weighted by atomic mass is 10.1. The van der Waals surface area contributed by atoms with Crippen LogP contribution in [-0.2, 0) is 11.2 Å². The minimum atomic E-state index is 0.0945. The molecule has 2 heterocycles. The molecule has 2 rings (SSSR count). The van der Waals surface area contributed by atoms with Gasteiger partial charge < -0.3 is 9.15 Å². The van der Waals surface area contributed by atoms with Crippen LogP contribution in [0.3, 0.4) is 0 Å². The summed E-state index contributed by atoms with van der Waals surface area (Å²) in [5.41, 5.74) is 1.32. The highest BCUT2D eigenvalue weighted by atomic mass is 16.6. The number of furan rings is 1. The summed E-state index contributed by atoms with van der Waals surface area (Å²) in [7, 11) is 0. The van der Waals surface area contributed by atoms with Crippen LogP contribution in [0.4, 0.5) is 0 Å². The summed E-state index contributed by atoms with van der Waals surface area (Å²) in [5.74, 6) is 0. The first-order valence-corrected chi connectivity index (χ1v) is 3.87. The van der Waals surface area contributed by atoms with Crippen LogP contribution >= 0.6 is 0 Å². The standard InChI is InChI=1S/C9H12O2/c1-9(2)8(11-9)5-7-3-4-10-6-7/h3-4,6,8H,5H2,1-2H3. The Bertz CT molecular complexity index is 236. The van der Waals surface area contributed by atoms with Crippen molar-refractivity contribution in [3.05, 3.63) is 24.2 Å². The van der Waals surface area contributed by atoms with Crippen molar-refractivity contribution in [1.29, 1.82) is 0 Å². The molecule has 60 valence electrons. The fourth-order valence-corrected chi connectivity index (χ4v) is 1.24. The van der Waals surface area contributed by atoms with E-state index in [0.717, 1.165) is 6.42 Å². The van der Waals surface area contributed by atoms with Crippen LogP contribution in [0.1, 0.15) is 19.4 Å². The third-order valence-corrected chi connectivity index (χ3v) is 2.17. The van der Waals surface area contributed by atoms with Gasteiger partial charge in [-0.05, 0) is 25.5 Å². The molecule has 0 radical (unpaired) electrons. The highest BCUT2D eigenvalue weighted by Gasteiger charge is 2.47. The molecule has 2 nitrogen and oxygen atoms in total. The summed E-state index contributed by atoms with van der Waals surface area (Å²) in [5, 5.41) is 0. The van der Waals surface area contributed by atoms with Gasteiger partial charge in [-0.25, -0.2) is 0 Å². The lowest BCUT2D eigenvalue weighted by Crippen LogP contribution is -2.04. The maximum atomic E-state index is 5.44. The van der Waals surface area contributed by atoms with Gasteiger partial charge in [-0.3, -0.25) is 0 Å². The summed E-state index contributed by atoms with van der Waals surface area (Å²) < 4.78 is 10.4. The van der Waals surface area contributed by atoms with Crippen molar-refractivity contribution in [1.82, 2.24) is 0 Å². The fourth-order valence-electron chi connectivity index (χ4n) is 1.24. The minimum absolute atomic E-state index is 0.0945. The molecule has 1 aliphatic rings. The van der Waals surface area contributed by atoms with E-state index >= 15 is 0 Å². The minimum Gasteiger partial charge on any atom is -0.472 e. The Labute approximate surface area is 66.2 Å². The molecule has 1 aromatic rings. The molecular weight excluding hydrogens is 140 g/mol. The monoisotopic (exact) mass is 152 g/mol. The second-order valence-electron chi connectivity index (χ2n) is 3.55. The maximum absolute atomic E-state index is 5.44. The van der Waals surface area contributed by atoms with Crippen molar-refractivity contribution in [3.63, 3.8) is 0 Å². The lowest BCUT2D eigenvalue weighted by Gasteiger charge is -1.92. The number of hydrogen-bond donors (Lipinski definition) is 0. The highest BCUT2D eigenvalue weighted by Crippen LogP contribution is 2.37. The zero-order valence-corrected chi connectivity index (χ0v) is 6.83. The first kappa shape index (κ1) is 6.92. The first-order chi connectivity index (χ1) is 5.18. The number of rotatable bonds is 2. The van der Waals surface area contributed by atoms with Gasteiger partial charge in [-0.2, -0.15) is 0 Å². The van der Waals surface area contributed by atoms with E-state index in [1.165, 1.54) is 5.56 Å². The predicted octanol–water partition coefficient (Wildman–Crippen LogP) is 2.00. The Kier molecular flexibility index (Phi) is 1.33. The van der Waals surface area contributed by atoms with Crippen LogP contribution in [0.25, 0.3) is 0 Å². The molecule has 1 saturated heterocycles. The highest BCUT2D eigenvalue weighted by molar-refractivity contribution is 5.11. The van der Waals surface area contributed by atoms with Crippen LogP contribution in [-0.4, -0.2) is 11.7 Å². The van der Waals surface area contributed by atoms with Gasteiger partial charge in [0.15, 0.2) is 0 Å². The van der Waals surface area contributed by atoms with Gasteiger partial charge in [-0.1, -0.05) is 0 Å². The Morgan fingerprint density at radius 1 is 1.55 bits per heavy atom. The Morgan fingerprint density at radius 3 is 2.73 bits per heavy atom. The molecule has 0 aromatic carbocycles. The normalized spacial score (nSPS) is 26.9. The quantitative estimate of drug-likeness (QED) is 0.606. The predicted molar refractivity (Wildman–Crippen MR) is 41.4 cm³/mol. The third kappa shape index (κ3) is 1.31. The maximum Gasteiger partial charge on any atom is 0.0935 e. The van der Waals surface area contributed by atoms with E-state index < -0.39 is 0 Å². The fraction of sp³-hybridized carbons (Fsp3) is 0.556. The summed E-state index contributed by atoms with van der Waals surface area (Å²) in [4.78, 5) is 0. The number of ether oxygens (including phenoxy) is 1. The molecule has 0 aliphatic carbocycles. The van der Waals surface area contributed by atoms with Crippen molar-refractivity contribution in [2.45, 2.75) is 32.0 Å². The lowest BCUT2D eigenvalue weighted by molar-refractivity contribution is 0.323. The molecule has 0 spiro atoms. The van der Waals surface area contributed by atoms with Crippen LogP contribution in [0, 0.1) is 0 Å². The molecule has 1 aromatic heterocycles. The summed E-state index contributed by atoms with van der Waals surface area (Å²) in [6, 6.07) is 1.98. The molecule has 0 N–H and O–H groups in total. The Balaban J connectivity index is 1.95. The van der Waals surface area contributed by atoms with E-state index in [1.54, 1.807) is 12.5 Å². The van der Waals surface area contributed by atoms with Gasteiger partial charge in [0.1, 0.15) is 0 Å². The Hall–Kier alpha value is -0.760. The van der Waals surface area contributed by atoms with Crippen LogP contribution in [0.15, 0.2) is 23.0 Å². The van der Waals surface area contributed by atoms with Crippen molar-refractivity contribution < 1.29 is 9.15 Å². The zero-order chi connectivity index (χ0) is 7.90. The molecule has 0 bridgehead atoms.